The van der Waals surface area contributed by atoms with E-state index in [-0.39, 0.29) is 0 Å². The molecule has 3 rings (SSSR count). The van der Waals surface area contributed by atoms with Crippen molar-refractivity contribution in [2.75, 3.05) is 5.43 Å². The number of halogens is 1. The molecule has 0 aliphatic rings. The predicted molar refractivity (Wildman–Crippen MR) is 101 cm³/mol. The number of hydrogen-bond donors (Lipinski definition) is 1. The van der Waals surface area contributed by atoms with Gasteiger partial charge in [-0.15, -0.1) is 0 Å². The molecule has 124 valence electrons. The molecule has 1 aromatic heterocycles. The van der Waals surface area contributed by atoms with Gasteiger partial charge in [0.15, 0.2) is 0 Å². The Labute approximate surface area is 151 Å². The van der Waals surface area contributed by atoms with Crippen LogP contribution in [-0.4, -0.2) is 16.0 Å². The normalized spacial score (nSPS) is 10.7. The number of aryl methyl sites for hydroxylation is 1. The third-order valence-electron chi connectivity index (χ3n) is 3.51. The highest BCUT2D eigenvalue weighted by atomic mass is 35.5. The van der Waals surface area contributed by atoms with Crippen molar-refractivity contribution in [3.8, 4) is 17.3 Å². The van der Waals surface area contributed by atoms with Crippen LogP contribution in [0.2, 0.25) is 5.02 Å². The average molecular weight is 350 g/mol. The second-order valence-electron chi connectivity index (χ2n) is 5.35. The van der Waals surface area contributed by atoms with E-state index in [0.29, 0.717) is 18.0 Å². The molecule has 0 aliphatic heterocycles. The highest BCUT2D eigenvalue weighted by Crippen LogP contribution is 2.21. The van der Waals surface area contributed by atoms with E-state index < -0.39 is 0 Å². The van der Waals surface area contributed by atoms with Gasteiger partial charge < -0.3 is 0 Å². The summed E-state index contributed by atoms with van der Waals surface area (Å²) in [7, 11) is 0. The summed E-state index contributed by atoms with van der Waals surface area (Å²) in [6.45, 7) is 0.548. The molecular formula is C19H16ClN5. The van der Waals surface area contributed by atoms with Crippen molar-refractivity contribution < 1.29 is 0 Å². The standard InChI is InChI=1S/C19H16ClN5/c20-17-8-4-9-18(12-17)23-22-13-16-14-25(11-5-10-21)24-19(16)15-6-2-1-3-7-15/h1-4,6-9,12-14,23H,5,11H2/b22-13-. The Morgan fingerprint density at radius 2 is 2.04 bits per heavy atom. The molecule has 0 unspecified atom stereocenters. The number of aromatic nitrogens is 2. The molecule has 5 nitrogen and oxygen atoms in total. The Kier molecular flexibility index (Phi) is 5.45. The molecule has 0 bridgehead atoms. The van der Waals surface area contributed by atoms with Crippen LogP contribution in [0.5, 0.6) is 0 Å². The lowest BCUT2D eigenvalue weighted by Gasteiger charge is -2.00. The van der Waals surface area contributed by atoms with Gasteiger partial charge in [-0.3, -0.25) is 10.1 Å². The van der Waals surface area contributed by atoms with Crippen LogP contribution in [0, 0.1) is 11.3 Å². The van der Waals surface area contributed by atoms with Crippen LogP contribution in [-0.2, 0) is 6.54 Å². The lowest BCUT2D eigenvalue weighted by molar-refractivity contribution is 0.629. The number of hydrazone groups is 1. The molecule has 2 aromatic carbocycles. The number of nitrogens with zero attached hydrogens (tertiary/aromatic N) is 4. The molecule has 0 spiro atoms. The van der Waals surface area contributed by atoms with E-state index in [1.54, 1.807) is 17.0 Å². The summed E-state index contributed by atoms with van der Waals surface area (Å²) in [5.74, 6) is 0. The lowest BCUT2D eigenvalue weighted by Crippen LogP contribution is -1.97. The van der Waals surface area contributed by atoms with Gasteiger partial charge in [0, 0.05) is 22.3 Å². The minimum Gasteiger partial charge on any atom is -0.278 e. The van der Waals surface area contributed by atoms with Crippen molar-refractivity contribution in [1.29, 1.82) is 5.26 Å². The molecular weight excluding hydrogens is 334 g/mol. The number of nitrogens with one attached hydrogen (secondary N) is 1. The van der Waals surface area contributed by atoms with Gasteiger partial charge in [0.05, 0.1) is 30.9 Å². The van der Waals surface area contributed by atoms with Crippen LogP contribution in [0.3, 0.4) is 0 Å². The number of anilines is 1. The van der Waals surface area contributed by atoms with Gasteiger partial charge in [-0.1, -0.05) is 48.0 Å². The first-order chi connectivity index (χ1) is 12.3. The second-order valence-corrected chi connectivity index (χ2v) is 5.79. The number of hydrogen-bond acceptors (Lipinski definition) is 4. The van der Waals surface area contributed by atoms with Crippen LogP contribution < -0.4 is 5.43 Å². The fraction of sp³-hybridized carbons (Fsp3) is 0.105. The van der Waals surface area contributed by atoms with Gasteiger partial charge in [-0.2, -0.15) is 15.5 Å². The maximum Gasteiger partial charge on any atom is 0.101 e. The van der Waals surface area contributed by atoms with E-state index in [2.05, 4.69) is 21.7 Å². The molecule has 0 atom stereocenters. The summed E-state index contributed by atoms with van der Waals surface area (Å²) in [4.78, 5) is 0. The highest BCUT2D eigenvalue weighted by molar-refractivity contribution is 6.30. The SMILES string of the molecule is N#CCCn1cc(/C=N\Nc2cccc(Cl)c2)c(-c2ccccc2)n1. The molecule has 1 N–H and O–H groups in total. The number of nitriles is 1. The van der Waals surface area contributed by atoms with Gasteiger partial charge in [-0.05, 0) is 18.2 Å². The number of rotatable bonds is 6. The summed E-state index contributed by atoms with van der Waals surface area (Å²) < 4.78 is 1.77. The third-order valence-corrected chi connectivity index (χ3v) is 3.75. The maximum absolute atomic E-state index is 8.77. The molecule has 3 aromatic rings. The zero-order valence-corrected chi connectivity index (χ0v) is 14.2. The molecule has 0 aliphatic carbocycles. The van der Waals surface area contributed by atoms with Crippen LogP contribution >= 0.6 is 11.6 Å². The van der Waals surface area contributed by atoms with Crippen LogP contribution in [0.4, 0.5) is 5.69 Å². The largest absolute Gasteiger partial charge is 0.278 e. The van der Waals surface area contributed by atoms with E-state index in [0.717, 1.165) is 22.5 Å². The van der Waals surface area contributed by atoms with Gasteiger partial charge in [0.2, 0.25) is 0 Å². The fourth-order valence-corrected chi connectivity index (χ4v) is 2.56. The zero-order valence-electron chi connectivity index (χ0n) is 13.4. The van der Waals surface area contributed by atoms with Crippen molar-refractivity contribution in [2.24, 2.45) is 5.10 Å². The molecule has 1 heterocycles. The van der Waals surface area contributed by atoms with Gasteiger partial charge in [0.1, 0.15) is 5.69 Å². The lowest BCUT2D eigenvalue weighted by atomic mass is 10.1. The Morgan fingerprint density at radius 3 is 2.80 bits per heavy atom. The quantitative estimate of drug-likeness (QED) is 0.524. The van der Waals surface area contributed by atoms with Crippen LogP contribution in [0.15, 0.2) is 65.9 Å². The smallest absolute Gasteiger partial charge is 0.101 e. The van der Waals surface area contributed by atoms with Crippen molar-refractivity contribution in [3.63, 3.8) is 0 Å². The monoisotopic (exact) mass is 349 g/mol. The topological polar surface area (TPSA) is 66.0 Å². The van der Waals surface area contributed by atoms with Gasteiger partial charge >= 0.3 is 0 Å². The molecule has 6 heteroatoms. The molecule has 25 heavy (non-hydrogen) atoms. The Balaban J connectivity index is 1.84. The Morgan fingerprint density at radius 1 is 1.20 bits per heavy atom. The van der Waals surface area contributed by atoms with Gasteiger partial charge in [-0.25, -0.2) is 0 Å². The first kappa shape index (κ1) is 16.7. The molecule has 0 fully saturated rings. The van der Waals surface area contributed by atoms with Crippen molar-refractivity contribution >= 4 is 23.5 Å². The van der Waals surface area contributed by atoms with E-state index in [4.69, 9.17) is 16.9 Å². The van der Waals surface area contributed by atoms with E-state index in [1.165, 1.54) is 0 Å². The fourth-order valence-electron chi connectivity index (χ4n) is 2.37. The summed E-state index contributed by atoms with van der Waals surface area (Å²) in [6.07, 6.45) is 4.02. The highest BCUT2D eigenvalue weighted by Gasteiger charge is 2.09. The Bertz CT molecular complexity index is 909. The Hall–Kier alpha value is -3.10. The van der Waals surface area contributed by atoms with E-state index in [1.807, 2.05) is 54.7 Å². The van der Waals surface area contributed by atoms with E-state index >= 15 is 0 Å². The third kappa shape index (κ3) is 4.46. The zero-order chi connectivity index (χ0) is 17.5. The van der Waals surface area contributed by atoms with Crippen molar-refractivity contribution in [3.05, 3.63) is 71.4 Å². The molecule has 0 saturated heterocycles. The molecule has 0 radical (unpaired) electrons. The first-order valence-electron chi connectivity index (χ1n) is 7.81. The summed E-state index contributed by atoms with van der Waals surface area (Å²) in [5.41, 5.74) is 6.47. The van der Waals surface area contributed by atoms with E-state index in [9.17, 15) is 0 Å². The second kappa shape index (κ2) is 8.13. The first-order valence-corrected chi connectivity index (χ1v) is 8.18. The van der Waals surface area contributed by atoms with Crippen molar-refractivity contribution in [1.82, 2.24) is 9.78 Å². The predicted octanol–water partition coefficient (Wildman–Crippen LogP) is 4.56. The number of benzene rings is 2. The summed E-state index contributed by atoms with van der Waals surface area (Å²) >= 11 is 5.97. The minimum atomic E-state index is 0.410. The summed E-state index contributed by atoms with van der Waals surface area (Å²) in [5, 5.41) is 18.3. The minimum absolute atomic E-state index is 0.410. The summed E-state index contributed by atoms with van der Waals surface area (Å²) in [6, 6.07) is 19.4. The maximum atomic E-state index is 8.77. The average Bonchev–Trinajstić information content (AvgIpc) is 3.04. The van der Waals surface area contributed by atoms with Crippen LogP contribution in [0.25, 0.3) is 11.3 Å². The van der Waals surface area contributed by atoms with Crippen LogP contribution in [0.1, 0.15) is 12.0 Å². The molecule has 0 amide bonds. The van der Waals surface area contributed by atoms with Crippen molar-refractivity contribution in [2.45, 2.75) is 13.0 Å². The molecule has 0 saturated carbocycles. The van der Waals surface area contributed by atoms with Gasteiger partial charge in [0.25, 0.3) is 0 Å².